The van der Waals surface area contributed by atoms with Crippen LogP contribution in [0, 0.1) is 0 Å². The number of hydrogen-bond donors (Lipinski definition) is 0. The summed E-state index contributed by atoms with van der Waals surface area (Å²) in [6.45, 7) is 0. The van der Waals surface area contributed by atoms with Crippen molar-refractivity contribution in [2.45, 2.75) is 0 Å². The predicted octanol–water partition coefficient (Wildman–Crippen LogP) is 0.854. The van der Waals surface area contributed by atoms with Gasteiger partial charge in [-0.25, -0.2) is 0 Å². The Morgan fingerprint density at radius 1 is 0.500 bits per heavy atom. The van der Waals surface area contributed by atoms with E-state index in [2.05, 4.69) is 0 Å². The normalized spacial score (nSPS) is 0. The zero-order valence-electron chi connectivity index (χ0n) is 1.35. The van der Waals surface area contributed by atoms with Gasteiger partial charge >= 0.3 is 51.2 Å². The molecule has 0 spiro atoms. The van der Waals surface area contributed by atoms with Crippen LogP contribution in [0.25, 0.3) is 0 Å². The first kappa shape index (κ1) is 37.7. The van der Waals surface area contributed by atoms with E-state index < -0.39 is 0 Å². The van der Waals surface area contributed by atoms with Crippen molar-refractivity contribution in [3.05, 3.63) is 0 Å². The maximum Gasteiger partial charge on any atom is 1.00 e. The van der Waals surface area contributed by atoms with Crippen LogP contribution in [-0.4, -0.2) is 0 Å². The summed E-state index contributed by atoms with van der Waals surface area (Å²) >= 11 is 0. The fraction of sp³-hybridized carbons (Fsp3) is 0. The minimum atomic E-state index is 0. The molecule has 0 saturated heterocycles. The van der Waals surface area contributed by atoms with E-state index in [1.807, 2.05) is 0 Å². The largest absolute Gasteiger partial charge is 3.00 e. The van der Waals surface area contributed by atoms with Crippen LogP contribution in [-0.2, 0) is 51.2 Å². The van der Waals surface area contributed by atoms with Crippen molar-refractivity contribution < 1.29 is 51.2 Å². The minimum absolute atomic E-state index is 0. The summed E-state index contributed by atoms with van der Waals surface area (Å²) < 4.78 is 0. The third kappa shape index (κ3) is 9.01. The van der Waals surface area contributed by atoms with Gasteiger partial charge in [-0.3, -0.25) is 0 Å². The molecule has 4 heteroatoms. The maximum atomic E-state index is 0. The fourth-order valence-electron chi connectivity index (χ4n) is 0. The second-order valence-electron chi connectivity index (χ2n) is 0. The van der Waals surface area contributed by atoms with Crippen LogP contribution in [0.4, 0.5) is 0 Å². The van der Waals surface area contributed by atoms with Crippen LogP contribution in [0.2, 0.25) is 0 Å². The van der Waals surface area contributed by atoms with Gasteiger partial charge in [0, 0.05) is 0 Å². The first-order valence-electron chi connectivity index (χ1n) is 0. The molecular weight excluding hydrogens is 222 g/mol. The van der Waals surface area contributed by atoms with Crippen molar-refractivity contribution in [3.63, 3.8) is 0 Å². The number of rotatable bonds is 0. The van der Waals surface area contributed by atoms with Gasteiger partial charge in [-0.1, -0.05) is 0 Å². The molecular formula is Cu3P. The summed E-state index contributed by atoms with van der Waals surface area (Å²) in [5.41, 5.74) is 0. The van der Waals surface area contributed by atoms with Gasteiger partial charge in [0.25, 0.3) is 0 Å². The molecule has 38 valence electrons. The minimum Gasteiger partial charge on any atom is -3.00 e. The van der Waals surface area contributed by atoms with Gasteiger partial charge in [-0.2, -0.15) is 0 Å². The summed E-state index contributed by atoms with van der Waals surface area (Å²) in [6.07, 6.45) is 0. The van der Waals surface area contributed by atoms with Gasteiger partial charge in [0.1, 0.15) is 0 Å². The van der Waals surface area contributed by atoms with Crippen molar-refractivity contribution in [1.29, 1.82) is 0 Å². The maximum absolute atomic E-state index is 0. The van der Waals surface area contributed by atoms with Crippen LogP contribution >= 0.6 is 9.90 Å². The molecule has 4 heavy (non-hydrogen) atoms. The molecule has 0 aromatic carbocycles. The van der Waals surface area contributed by atoms with Gasteiger partial charge in [-0.15, -0.1) is 0 Å². The molecule has 0 aromatic rings. The van der Waals surface area contributed by atoms with E-state index in [0.29, 0.717) is 0 Å². The molecule has 0 aliphatic carbocycles. The van der Waals surface area contributed by atoms with Crippen molar-refractivity contribution in [3.8, 4) is 0 Å². The third-order valence-electron chi connectivity index (χ3n) is 0. The van der Waals surface area contributed by atoms with Gasteiger partial charge in [0.2, 0.25) is 0 Å². The molecule has 0 N–H and O–H groups in total. The van der Waals surface area contributed by atoms with E-state index in [4.69, 9.17) is 0 Å². The Morgan fingerprint density at radius 2 is 0.500 bits per heavy atom. The molecule has 0 heterocycles. The molecule has 0 fully saturated rings. The topological polar surface area (TPSA) is 0 Å². The smallest absolute Gasteiger partial charge is 1.00 e. The molecule has 0 rings (SSSR count). The Labute approximate surface area is 60.9 Å². The van der Waals surface area contributed by atoms with Gasteiger partial charge < -0.3 is 9.90 Å². The van der Waals surface area contributed by atoms with Gasteiger partial charge in [-0.05, 0) is 0 Å². The van der Waals surface area contributed by atoms with Crippen LogP contribution in [0.5, 0.6) is 0 Å². The summed E-state index contributed by atoms with van der Waals surface area (Å²) in [4.78, 5) is 0. The summed E-state index contributed by atoms with van der Waals surface area (Å²) in [7, 11) is 0. The quantitative estimate of drug-likeness (QED) is 0.420. The molecule has 0 amide bonds. The second kappa shape index (κ2) is 20.1. The molecule has 0 aliphatic rings. The van der Waals surface area contributed by atoms with Crippen LogP contribution in [0.3, 0.4) is 0 Å². The third-order valence-corrected chi connectivity index (χ3v) is 0. The van der Waals surface area contributed by atoms with Gasteiger partial charge in [0.15, 0.2) is 0 Å². The average Bonchev–Trinajstić information content (AvgIpc) is 0. The Balaban J connectivity index is 0. The Bertz CT molecular complexity index is 3.25. The molecule has 0 saturated carbocycles. The van der Waals surface area contributed by atoms with Crippen molar-refractivity contribution in [2.24, 2.45) is 0 Å². The van der Waals surface area contributed by atoms with E-state index in [-0.39, 0.29) is 61.1 Å². The van der Waals surface area contributed by atoms with E-state index >= 15 is 0 Å². The van der Waals surface area contributed by atoms with E-state index in [9.17, 15) is 0 Å². The monoisotopic (exact) mass is 220 g/mol. The Hall–Kier alpha value is 1.99. The molecule has 0 unspecified atom stereocenters. The Morgan fingerprint density at radius 3 is 0.500 bits per heavy atom. The van der Waals surface area contributed by atoms with Crippen molar-refractivity contribution in [1.82, 2.24) is 0 Å². The van der Waals surface area contributed by atoms with Crippen LogP contribution in [0.15, 0.2) is 0 Å². The van der Waals surface area contributed by atoms with E-state index in [0.717, 1.165) is 0 Å². The van der Waals surface area contributed by atoms with E-state index in [1.54, 1.807) is 0 Å². The number of hydrogen-bond acceptors (Lipinski definition) is 0. The van der Waals surface area contributed by atoms with Crippen LogP contribution < -0.4 is 0 Å². The molecule has 0 nitrogen and oxygen atoms in total. The summed E-state index contributed by atoms with van der Waals surface area (Å²) in [5, 5.41) is 0. The molecule has 0 aromatic heterocycles. The molecule has 0 radical (unpaired) electrons. The summed E-state index contributed by atoms with van der Waals surface area (Å²) in [6, 6.07) is 0. The predicted molar refractivity (Wildman–Crippen MR) is 6.92 cm³/mol. The fourth-order valence-corrected chi connectivity index (χ4v) is 0. The summed E-state index contributed by atoms with van der Waals surface area (Å²) in [5.74, 6) is 0. The van der Waals surface area contributed by atoms with E-state index in [1.165, 1.54) is 0 Å². The SMILES string of the molecule is [Cu+].[Cu+].[Cu+].[P-3]. The Kier molecular flexibility index (Phi) is 189. The van der Waals surface area contributed by atoms with Gasteiger partial charge in [0.05, 0.1) is 0 Å². The first-order chi connectivity index (χ1) is 0. The van der Waals surface area contributed by atoms with Crippen molar-refractivity contribution in [2.75, 3.05) is 0 Å². The first-order valence-corrected chi connectivity index (χ1v) is 0. The molecule has 0 aliphatic heterocycles. The zero-order chi connectivity index (χ0) is 0. The molecule has 0 bridgehead atoms. The van der Waals surface area contributed by atoms with Crippen LogP contribution in [0.1, 0.15) is 0 Å². The zero-order valence-corrected chi connectivity index (χ0v) is 5.07. The average molecular weight is 222 g/mol. The standard InChI is InChI=1S/3Cu.P/q3*+1;-3. The van der Waals surface area contributed by atoms with Crippen molar-refractivity contribution >= 4 is 9.90 Å². The molecule has 0 atom stereocenters. The second-order valence-corrected chi connectivity index (χ2v) is 0.